The highest BCUT2D eigenvalue weighted by atomic mass is 35.5. The molecule has 1 amide bonds. The van der Waals surface area contributed by atoms with E-state index in [4.69, 9.17) is 23.2 Å². The van der Waals surface area contributed by atoms with E-state index in [1.807, 2.05) is 10.6 Å². The molecule has 8 heteroatoms. The predicted molar refractivity (Wildman–Crippen MR) is 97.6 cm³/mol. The number of allylic oxidation sites excluding steroid dienone is 1. The zero-order chi connectivity index (χ0) is 17.1. The minimum absolute atomic E-state index is 0.0201. The molecule has 1 aliphatic carbocycles. The summed E-state index contributed by atoms with van der Waals surface area (Å²) in [4.78, 5) is 11.9. The summed E-state index contributed by atoms with van der Waals surface area (Å²) < 4.78 is 1.90. The lowest BCUT2D eigenvalue weighted by Crippen LogP contribution is -2.27. The van der Waals surface area contributed by atoms with Gasteiger partial charge < -0.3 is 5.32 Å². The number of carbonyl (C=O) groups is 1. The molecule has 1 aliphatic rings. The van der Waals surface area contributed by atoms with Crippen LogP contribution in [-0.4, -0.2) is 32.5 Å². The largest absolute Gasteiger partial charge is 0.353 e. The zero-order valence-corrected chi connectivity index (χ0v) is 15.2. The standard InChI is InChI=1S/C16H16Cl2N4OS/c1-2-7-22-15(10-3-6-12(17)13(18)8-10)20-21-16(22)24-9-14(23)19-11-4-5-11/h2-3,6,8,11H,1,4-5,7,9H2,(H,19,23). The fourth-order valence-corrected chi connectivity index (χ4v) is 3.22. The molecule has 0 spiro atoms. The summed E-state index contributed by atoms with van der Waals surface area (Å²) in [6.45, 7) is 4.31. The van der Waals surface area contributed by atoms with Gasteiger partial charge in [-0.2, -0.15) is 0 Å². The molecule has 126 valence electrons. The molecule has 0 atom stereocenters. The SMILES string of the molecule is C=CCn1c(SCC(=O)NC2CC2)nnc1-c1ccc(Cl)c(Cl)c1. The molecule has 1 fully saturated rings. The van der Waals surface area contributed by atoms with Gasteiger partial charge in [0.1, 0.15) is 0 Å². The van der Waals surface area contributed by atoms with Crippen molar-refractivity contribution >= 4 is 40.9 Å². The number of aromatic nitrogens is 3. The van der Waals surface area contributed by atoms with Crippen molar-refractivity contribution < 1.29 is 4.79 Å². The highest BCUT2D eigenvalue weighted by Gasteiger charge is 2.23. The molecule has 1 saturated carbocycles. The molecule has 1 N–H and O–H groups in total. The first-order valence-electron chi connectivity index (χ1n) is 7.50. The molecule has 1 aromatic heterocycles. The molecule has 3 rings (SSSR count). The average Bonchev–Trinajstić information content (AvgIpc) is 3.28. The van der Waals surface area contributed by atoms with Crippen LogP contribution in [0.2, 0.25) is 10.0 Å². The second-order valence-corrected chi connectivity index (χ2v) is 7.22. The quantitative estimate of drug-likeness (QED) is 0.584. The van der Waals surface area contributed by atoms with Crippen molar-refractivity contribution in [3.05, 3.63) is 40.9 Å². The van der Waals surface area contributed by atoms with Crippen molar-refractivity contribution in [3.8, 4) is 11.4 Å². The normalized spacial score (nSPS) is 13.8. The third-order valence-electron chi connectivity index (χ3n) is 3.48. The van der Waals surface area contributed by atoms with Crippen LogP contribution < -0.4 is 5.32 Å². The van der Waals surface area contributed by atoms with Crippen LogP contribution in [0.5, 0.6) is 0 Å². The van der Waals surface area contributed by atoms with E-state index in [-0.39, 0.29) is 5.91 Å². The second-order valence-electron chi connectivity index (χ2n) is 5.46. The van der Waals surface area contributed by atoms with E-state index in [1.54, 1.807) is 18.2 Å². The predicted octanol–water partition coefficient (Wildman–Crippen LogP) is 3.81. The topological polar surface area (TPSA) is 59.8 Å². The van der Waals surface area contributed by atoms with E-state index >= 15 is 0 Å². The Morgan fingerprint density at radius 2 is 2.17 bits per heavy atom. The van der Waals surface area contributed by atoms with Gasteiger partial charge in [0, 0.05) is 18.2 Å². The Bertz CT molecular complexity index is 773. The summed E-state index contributed by atoms with van der Waals surface area (Å²) in [5.41, 5.74) is 0.813. The van der Waals surface area contributed by atoms with Crippen molar-refractivity contribution in [3.63, 3.8) is 0 Å². The van der Waals surface area contributed by atoms with Crippen molar-refractivity contribution in [1.82, 2.24) is 20.1 Å². The van der Waals surface area contributed by atoms with Crippen LogP contribution in [0.1, 0.15) is 12.8 Å². The zero-order valence-electron chi connectivity index (χ0n) is 12.8. The van der Waals surface area contributed by atoms with Crippen molar-refractivity contribution in [2.75, 3.05) is 5.75 Å². The molecule has 0 radical (unpaired) electrons. The molecular formula is C16H16Cl2N4OS. The number of hydrogen-bond acceptors (Lipinski definition) is 4. The first-order valence-corrected chi connectivity index (χ1v) is 9.24. The van der Waals surface area contributed by atoms with Crippen LogP contribution in [0.25, 0.3) is 11.4 Å². The van der Waals surface area contributed by atoms with Crippen LogP contribution >= 0.6 is 35.0 Å². The Morgan fingerprint density at radius 3 is 2.83 bits per heavy atom. The van der Waals surface area contributed by atoms with Crippen molar-refractivity contribution in [1.29, 1.82) is 0 Å². The molecule has 5 nitrogen and oxygen atoms in total. The van der Waals surface area contributed by atoms with Crippen LogP contribution in [0, 0.1) is 0 Å². The maximum Gasteiger partial charge on any atom is 0.230 e. The van der Waals surface area contributed by atoms with E-state index in [2.05, 4.69) is 22.1 Å². The van der Waals surface area contributed by atoms with E-state index in [1.165, 1.54) is 11.8 Å². The number of hydrogen-bond donors (Lipinski definition) is 1. The number of nitrogens with one attached hydrogen (secondary N) is 1. The lowest BCUT2D eigenvalue weighted by atomic mass is 10.2. The fourth-order valence-electron chi connectivity index (χ4n) is 2.17. The fraction of sp³-hybridized carbons (Fsp3) is 0.312. The van der Waals surface area contributed by atoms with Crippen LogP contribution in [0.4, 0.5) is 0 Å². The Hall–Kier alpha value is -1.50. The molecule has 0 unspecified atom stereocenters. The van der Waals surface area contributed by atoms with Gasteiger partial charge >= 0.3 is 0 Å². The van der Waals surface area contributed by atoms with Crippen LogP contribution in [-0.2, 0) is 11.3 Å². The Balaban J connectivity index is 1.79. The van der Waals surface area contributed by atoms with Crippen LogP contribution in [0.15, 0.2) is 36.0 Å². The number of nitrogens with zero attached hydrogens (tertiary/aromatic N) is 3. The van der Waals surface area contributed by atoms with Gasteiger partial charge in [0.25, 0.3) is 0 Å². The van der Waals surface area contributed by atoms with E-state index in [0.717, 1.165) is 18.4 Å². The lowest BCUT2D eigenvalue weighted by molar-refractivity contribution is -0.118. The van der Waals surface area contributed by atoms with E-state index < -0.39 is 0 Å². The molecule has 0 bridgehead atoms. The summed E-state index contributed by atoms with van der Waals surface area (Å²) in [5.74, 6) is 0.998. The molecule has 24 heavy (non-hydrogen) atoms. The number of halogens is 2. The minimum Gasteiger partial charge on any atom is -0.353 e. The molecule has 1 aromatic carbocycles. The third kappa shape index (κ3) is 4.12. The number of rotatable bonds is 7. The van der Waals surface area contributed by atoms with E-state index in [0.29, 0.717) is 39.4 Å². The van der Waals surface area contributed by atoms with Gasteiger partial charge in [0.2, 0.25) is 5.91 Å². The number of thioether (sulfide) groups is 1. The number of benzene rings is 1. The van der Waals surface area contributed by atoms with E-state index in [9.17, 15) is 4.79 Å². The van der Waals surface area contributed by atoms with Gasteiger partial charge in [-0.3, -0.25) is 9.36 Å². The van der Waals surface area contributed by atoms with Gasteiger partial charge in [-0.25, -0.2) is 0 Å². The minimum atomic E-state index is 0.0201. The first-order chi connectivity index (χ1) is 11.6. The summed E-state index contributed by atoms with van der Waals surface area (Å²) >= 11 is 13.4. The maximum absolute atomic E-state index is 11.9. The Morgan fingerprint density at radius 1 is 1.38 bits per heavy atom. The molecule has 1 heterocycles. The van der Waals surface area contributed by atoms with Gasteiger partial charge in [0.15, 0.2) is 11.0 Å². The molecule has 2 aromatic rings. The average molecular weight is 383 g/mol. The van der Waals surface area contributed by atoms with Gasteiger partial charge in [0.05, 0.1) is 15.8 Å². The van der Waals surface area contributed by atoms with Gasteiger partial charge in [-0.05, 0) is 31.0 Å². The van der Waals surface area contributed by atoms with Gasteiger partial charge in [-0.1, -0.05) is 41.0 Å². The van der Waals surface area contributed by atoms with Crippen molar-refractivity contribution in [2.24, 2.45) is 0 Å². The summed E-state index contributed by atoms with van der Waals surface area (Å²) in [6.07, 6.45) is 3.91. The Labute approximate surface area is 154 Å². The first kappa shape index (κ1) is 17.3. The monoisotopic (exact) mass is 382 g/mol. The summed E-state index contributed by atoms with van der Waals surface area (Å²) in [5, 5.41) is 13.0. The summed E-state index contributed by atoms with van der Waals surface area (Å²) in [6, 6.07) is 5.67. The van der Waals surface area contributed by atoms with Gasteiger partial charge in [-0.15, -0.1) is 16.8 Å². The van der Waals surface area contributed by atoms with Crippen LogP contribution in [0.3, 0.4) is 0 Å². The number of amides is 1. The highest BCUT2D eigenvalue weighted by molar-refractivity contribution is 7.99. The van der Waals surface area contributed by atoms with Crippen molar-refractivity contribution in [2.45, 2.75) is 30.6 Å². The Kier molecular flexibility index (Phi) is 5.48. The smallest absolute Gasteiger partial charge is 0.230 e. The second kappa shape index (κ2) is 7.59. The molecule has 0 saturated heterocycles. The lowest BCUT2D eigenvalue weighted by Gasteiger charge is -2.08. The third-order valence-corrected chi connectivity index (χ3v) is 5.19. The maximum atomic E-state index is 11.9. The highest BCUT2D eigenvalue weighted by Crippen LogP contribution is 2.29. The molecular weight excluding hydrogens is 367 g/mol. The number of carbonyl (C=O) groups excluding carboxylic acids is 1. The molecule has 0 aliphatic heterocycles. The summed E-state index contributed by atoms with van der Waals surface area (Å²) in [7, 11) is 0.